The van der Waals surface area contributed by atoms with Gasteiger partial charge in [0, 0.05) is 0 Å². The molecule has 2 radical (unpaired) electrons. The van der Waals surface area contributed by atoms with E-state index in [4.69, 9.17) is 7.85 Å². The van der Waals surface area contributed by atoms with Gasteiger partial charge in [-0.1, -0.05) is 31.7 Å². The van der Waals surface area contributed by atoms with Gasteiger partial charge in [-0.2, -0.15) is 0 Å². The van der Waals surface area contributed by atoms with Crippen molar-refractivity contribution in [3.05, 3.63) is 12.2 Å². The fraction of sp³-hybridized carbons (Fsp3) is 0.800. The molecule has 0 heterocycles. The van der Waals surface area contributed by atoms with Crippen LogP contribution in [0.1, 0.15) is 39.5 Å². The third kappa shape index (κ3) is 6.21. The topological polar surface area (TPSA) is 0 Å². The summed E-state index contributed by atoms with van der Waals surface area (Å²) in [6, 6.07) is 0. The van der Waals surface area contributed by atoms with Crippen LogP contribution < -0.4 is 0 Å². The van der Waals surface area contributed by atoms with Gasteiger partial charge in [0.25, 0.3) is 0 Å². The summed E-state index contributed by atoms with van der Waals surface area (Å²) < 4.78 is 0. The van der Waals surface area contributed by atoms with Crippen LogP contribution in [0, 0.1) is 5.92 Å². The molecule has 62 valence electrons. The lowest BCUT2D eigenvalue weighted by molar-refractivity contribution is 0.486. The van der Waals surface area contributed by atoms with E-state index in [2.05, 4.69) is 20.4 Å². The molecule has 0 fully saturated rings. The van der Waals surface area contributed by atoms with E-state index in [0.717, 1.165) is 18.7 Å². The van der Waals surface area contributed by atoms with Gasteiger partial charge >= 0.3 is 0 Å². The number of rotatable bonds is 6. The average Bonchev–Trinajstić information content (AvgIpc) is 1.97. The van der Waals surface area contributed by atoms with Crippen LogP contribution in [-0.4, -0.2) is 7.85 Å². The molecular weight excluding hydrogens is 131 g/mol. The molecule has 0 rings (SSSR count). The van der Waals surface area contributed by atoms with Gasteiger partial charge in [-0.25, -0.2) is 0 Å². The van der Waals surface area contributed by atoms with Gasteiger partial charge in [0.1, 0.15) is 0 Å². The van der Waals surface area contributed by atoms with Gasteiger partial charge in [-0.15, -0.1) is 6.58 Å². The van der Waals surface area contributed by atoms with Crippen molar-refractivity contribution < 1.29 is 0 Å². The number of hydrogen-bond acceptors (Lipinski definition) is 0. The molecule has 0 saturated heterocycles. The van der Waals surface area contributed by atoms with E-state index in [1.807, 2.05) is 0 Å². The van der Waals surface area contributed by atoms with E-state index >= 15 is 0 Å². The zero-order valence-corrected chi connectivity index (χ0v) is 7.90. The zero-order chi connectivity index (χ0) is 8.69. The highest BCUT2D eigenvalue weighted by atomic mass is 14.1. The minimum Gasteiger partial charge on any atom is -0.100 e. The lowest BCUT2D eigenvalue weighted by Crippen LogP contribution is -1.98. The molecule has 0 nitrogen and oxygen atoms in total. The highest BCUT2D eigenvalue weighted by Gasteiger charge is 2.03. The SMILES string of the molecule is [B]CC(CCC)CCC(=C)C. The monoisotopic (exact) mass is 150 g/mol. The molecule has 1 atom stereocenters. The second-order valence-electron chi connectivity index (χ2n) is 3.39. The van der Waals surface area contributed by atoms with Crippen LogP contribution in [0.5, 0.6) is 0 Å². The molecule has 0 aromatic rings. The van der Waals surface area contributed by atoms with Crippen molar-refractivity contribution in [2.75, 3.05) is 0 Å². The molecule has 0 bridgehead atoms. The standard InChI is InChI=1S/C10H19B/c1-4-5-10(8-11)7-6-9(2)3/h10H,2,4-8H2,1,3H3. The average molecular weight is 150 g/mol. The molecule has 1 heteroatoms. The maximum absolute atomic E-state index is 5.62. The van der Waals surface area contributed by atoms with E-state index < -0.39 is 0 Å². The predicted molar refractivity (Wildman–Crippen MR) is 53.0 cm³/mol. The fourth-order valence-corrected chi connectivity index (χ4v) is 1.24. The van der Waals surface area contributed by atoms with E-state index in [9.17, 15) is 0 Å². The van der Waals surface area contributed by atoms with Crippen LogP contribution in [0.25, 0.3) is 0 Å². The first-order chi connectivity index (χ1) is 5.20. The van der Waals surface area contributed by atoms with Gasteiger partial charge in [0.2, 0.25) is 0 Å². The van der Waals surface area contributed by atoms with E-state index in [1.165, 1.54) is 24.8 Å². The third-order valence-electron chi connectivity index (χ3n) is 2.01. The molecular formula is C10H19B. The predicted octanol–water partition coefficient (Wildman–Crippen LogP) is 3.35. The van der Waals surface area contributed by atoms with Crippen molar-refractivity contribution in [2.45, 2.75) is 45.9 Å². The van der Waals surface area contributed by atoms with Gasteiger partial charge in [0.15, 0.2) is 0 Å². The summed E-state index contributed by atoms with van der Waals surface area (Å²) in [4.78, 5) is 0. The Labute approximate surface area is 72.5 Å². The molecule has 11 heavy (non-hydrogen) atoms. The smallest absolute Gasteiger partial charge is 0.0656 e. The summed E-state index contributed by atoms with van der Waals surface area (Å²) in [5.41, 5.74) is 1.28. The molecule has 0 spiro atoms. The summed E-state index contributed by atoms with van der Waals surface area (Å²) >= 11 is 0. The summed E-state index contributed by atoms with van der Waals surface area (Å²) in [6.45, 7) is 8.18. The highest BCUT2D eigenvalue weighted by molar-refractivity contribution is 6.08. The second kappa shape index (κ2) is 6.51. The van der Waals surface area contributed by atoms with Gasteiger partial charge in [-0.3, -0.25) is 0 Å². The minimum atomic E-state index is 0.719. The van der Waals surface area contributed by atoms with Crippen LogP contribution in [0.3, 0.4) is 0 Å². The van der Waals surface area contributed by atoms with Crippen molar-refractivity contribution in [3.63, 3.8) is 0 Å². The molecule has 0 aliphatic heterocycles. The maximum Gasteiger partial charge on any atom is 0.0656 e. The van der Waals surface area contributed by atoms with Crippen LogP contribution >= 0.6 is 0 Å². The Balaban J connectivity index is 3.43. The van der Waals surface area contributed by atoms with Gasteiger partial charge < -0.3 is 0 Å². The van der Waals surface area contributed by atoms with Gasteiger partial charge in [-0.05, 0) is 25.7 Å². The first-order valence-corrected chi connectivity index (χ1v) is 4.55. The second-order valence-corrected chi connectivity index (χ2v) is 3.39. The largest absolute Gasteiger partial charge is 0.100 e. The van der Waals surface area contributed by atoms with Crippen LogP contribution in [0.2, 0.25) is 6.32 Å². The quantitative estimate of drug-likeness (QED) is 0.402. The molecule has 0 aliphatic carbocycles. The molecule has 0 aromatic heterocycles. The summed E-state index contributed by atoms with van der Waals surface area (Å²) in [5.74, 6) is 0.719. The van der Waals surface area contributed by atoms with E-state index in [0.29, 0.717) is 0 Å². The molecule has 0 amide bonds. The van der Waals surface area contributed by atoms with Crippen LogP contribution in [0.15, 0.2) is 12.2 Å². The maximum atomic E-state index is 5.62. The third-order valence-corrected chi connectivity index (χ3v) is 2.01. The van der Waals surface area contributed by atoms with Crippen molar-refractivity contribution >= 4 is 7.85 Å². The number of allylic oxidation sites excluding steroid dienone is 1. The fourth-order valence-electron chi connectivity index (χ4n) is 1.24. The zero-order valence-electron chi connectivity index (χ0n) is 7.90. The Kier molecular flexibility index (Phi) is 6.40. The Bertz CT molecular complexity index is 107. The normalized spacial score (nSPS) is 12.9. The Morgan fingerprint density at radius 3 is 2.45 bits per heavy atom. The molecule has 0 aliphatic rings. The van der Waals surface area contributed by atoms with Crippen LogP contribution in [0.4, 0.5) is 0 Å². The van der Waals surface area contributed by atoms with E-state index in [1.54, 1.807) is 0 Å². The molecule has 0 aromatic carbocycles. The van der Waals surface area contributed by atoms with Crippen LogP contribution in [-0.2, 0) is 0 Å². The van der Waals surface area contributed by atoms with E-state index in [-0.39, 0.29) is 0 Å². The summed E-state index contributed by atoms with van der Waals surface area (Å²) in [7, 11) is 5.62. The lowest BCUT2D eigenvalue weighted by Gasteiger charge is -2.12. The van der Waals surface area contributed by atoms with Crippen molar-refractivity contribution in [1.29, 1.82) is 0 Å². The van der Waals surface area contributed by atoms with Crippen molar-refractivity contribution in [1.82, 2.24) is 0 Å². The molecule has 1 unspecified atom stereocenters. The number of hydrogen-bond donors (Lipinski definition) is 0. The Morgan fingerprint density at radius 1 is 1.45 bits per heavy atom. The first-order valence-electron chi connectivity index (χ1n) is 4.55. The Hall–Kier alpha value is -0.195. The van der Waals surface area contributed by atoms with Gasteiger partial charge in [0.05, 0.1) is 7.85 Å². The first kappa shape index (κ1) is 10.8. The Morgan fingerprint density at radius 2 is 2.09 bits per heavy atom. The lowest BCUT2D eigenvalue weighted by atomic mass is 9.84. The molecule has 0 N–H and O–H groups in total. The summed E-state index contributed by atoms with van der Waals surface area (Å²) in [5, 5.41) is 0. The van der Waals surface area contributed by atoms with Crippen molar-refractivity contribution in [3.8, 4) is 0 Å². The minimum absolute atomic E-state index is 0.719. The molecule has 0 saturated carbocycles. The summed E-state index contributed by atoms with van der Waals surface area (Å²) in [6.07, 6.45) is 5.71. The highest BCUT2D eigenvalue weighted by Crippen LogP contribution is 2.18. The van der Waals surface area contributed by atoms with Crippen molar-refractivity contribution in [2.24, 2.45) is 5.92 Å².